The van der Waals surface area contributed by atoms with Gasteiger partial charge in [0.25, 0.3) is 0 Å². The van der Waals surface area contributed by atoms with Gasteiger partial charge in [-0.2, -0.15) is 0 Å². The molecule has 0 spiro atoms. The van der Waals surface area contributed by atoms with Crippen LogP contribution < -0.4 is 10.6 Å². The van der Waals surface area contributed by atoms with Crippen LogP contribution in [0.15, 0.2) is 0 Å². The van der Waals surface area contributed by atoms with Crippen LogP contribution in [0.3, 0.4) is 0 Å². The number of hydrogen-bond donors (Lipinski definition) is 2. The summed E-state index contributed by atoms with van der Waals surface area (Å²) in [5.74, 6) is 1.70. The van der Waals surface area contributed by atoms with E-state index in [0.717, 1.165) is 25.4 Å². The van der Waals surface area contributed by atoms with E-state index in [9.17, 15) is 4.79 Å². The molecule has 0 aromatic heterocycles. The molecule has 3 aliphatic rings. The highest BCUT2D eigenvalue weighted by Gasteiger charge is 2.34. The zero-order chi connectivity index (χ0) is 14.7. The number of fused-ring (bicyclic) bond motifs is 2. The summed E-state index contributed by atoms with van der Waals surface area (Å²) < 4.78 is 0. The minimum atomic E-state index is 0. The lowest BCUT2D eigenvalue weighted by molar-refractivity contribution is -0.122. The molecule has 2 N–H and O–H groups in total. The molecule has 1 amide bonds. The Labute approximate surface area is 153 Å². The molecule has 0 aromatic carbocycles. The highest BCUT2D eigenvalue weighted by atomic mass is 35.5. The van der Waals surface area contributed by atoms with Gasteiger partial charge in [0, 0.05) is 38.1 Å². The van der Waals surface area contributed by atoms with Crippen LogP contribution in [-0.4, -0.2) is 49.1 Å². The fourth-order valence-electron chi connectivity index (χ4n) is 4.52. The number of halogens is 2. The first-order valence-corrected chi connectivity index (χ1v) is 8.94. The van der Waals surface area contributed by atoms with Gasteiger partial charge in [-0.3, -0.25) is 4.79 Å². The lowest BCUT2D eigenvalue weighted by Gasteiger charge is -2.31. The Morgan fingerprint density at radius 3 is 2.52 bits per heavy atom. The van der Waals surface area contributed by atoms with Gasteiger partial charge in [-0.1, -0.05) is 6.92 Å². The van der Waals surface area contributed by atoms with E-state index in [2.05, 4.69) is 22.5 Å². The molecule has 3 rings (SSSR count). The molecule has 3 fully saturated rings. The molecular weight excluding hydrogens is 333 g/mol. The third kappa shape index (κ3) is 6.41. The zero-order valence-electron chi connectivity index (χ0n) is 14.3. The van der Waals surface area contributed by atoms with Crippen LogP contribution in [-0.2, 0) is 4.79 Å². The molecule has 0 aromatic rings. The molecule has 23 heavy (non-hydrogen) atoms. The van der Waals surface area contributed by atoms with Crippen molar-refractivity contribution in [2.24, 2.45) is 11.8 Å². The number of rotatable bonds is 5. The Bertz CT molecular complexity index is 358. The van der Waals surface area contributed by atoms with Gasteiger partial charge in [0.1, 0.15) is 0 Å². The van der Waals surface area contributed by atoms with Gasteiger partial charge in [0.05, 0.1) is 0 Å². The number of hydrogen-bond acceptors (Lipinski definition) is 3. The molecule has 3 aliphatic heterocycles. The number of carbonyl (C=O) groups is 1. The van der Waals surface area contributed by atoms with Crippen LogP contribution in [0.25, 0.3) is 0 Å². The standard InChI is InChI=1S/C17H31N3O.2ClH/c1-13-3-2-7-20(12-13)8-6-18-17(21)11-14-9-15-4-5-16(10-14)19-15;;/h13-16,19H,2-12H2,1H3,(H,18,21);2*1H. The van der Waals surface area contributed by atoms with Gasteiger partial charge in [-0.15, -0.1) is 24.8 Å². The van der Waals surface area contributed by atoms with Crippen molar-refractivity contribution in [3.8, 4) is 0 Å². The first-order valence-electron chi connectivity index (χ1n) is 8.94. The van der Waals surface area contributed by atoms with Crippen molar-refractivity contribution in [1.82, 2.24) is 15.5 Å². The molecule has 2 bridgehead atoms. The van der Waals surface area contributed by atoms with E-state index in [-0.39, 0.29) is 30.7 Å². The van der Waals surface area contributed by atoms with Gasteiger partial charge in [-0.25, -0.2) is 0 Å². The molecule has 4 nitrogen and oxygen atoms in total. The average Bonchev–Trinajstić information content (AvgIpc) is 2.78. The van der Waals surface area contributed by atoms with E-state index in [1.807, 2.05) is 0 Å². The third-order valence-electron chi connectivity index (χ3n) is 5.54. The lowest BCUT2D eigenvalue weighted by atomic mass is 9.89. The summed E-state index contributed by atoms with van der Waals surface area (Å²) in [6, 6.07) is 1.38. The van der Waals surface area contributed by atoms with E-state index in [1.165, 1.54) is 51.6 Å². The Morgan fingerprint density at radius 1 is 1.17 bits per heavy atom. The van der Waals surface area contributed by atoms with Crippen LogP contribution in [0, 0.1) is 11.8 Å². The number of nitrogens with one attached hydrogen (secondary N) is 2. The minimum Gasteiger partial charge on any atom is -0.355 e. The number of amides is 1. The van der Waals surface area contributed by atoms with Crippen molar-refractivity contribution in [3.63, 3.8) is 0 Å². The van der Waals surface area contributed by atoms with Crippen LogP contribution >= 0.6 is 24.8 Å². The molecule has 3 saturated heterocycles. The Kier molecular flexibility index (Phi) is 9.20. The molecule has 136 valence electrons. The molecule has 0 radical (unpaired) electrons. The summed E-state index contributed by atoms with van der Waals surface area (Å²) in [4.78, 5) is 14.6. The van der Waals surface area contributed by atoms with Crippen LogP contribution in [0.2, 0.25) is 0 Å². The summed E-state index contributed by atoms with van der Waals surface area (Å²) in [6.45, 7) is 6.58. The Hall–Kier alpha value is -0.0300. The van der Waals surface area contributed by atoms with Crippen molar-refractivity contribution >= 4 is 30.7 Å². The maximum atomic E-state index is 12.1. The summed E-state index contributed by atoms with van der Waals surface area (Å²) in [5, 5.41) is 6.79. The zero-order valence-corrected chi connectivity index (χ0v) is 15.9. The lowest BCUT2D eigenvalue weighted by Crippen LogP contribution is -2.42. The maximum Gasteiger partial charge on any atom is 0.220 e. The van der Waals surface area contributed by atoms with E-state index in [1.54, 1.807) is 0 Å². The summed E-state index contributed by atoms with van der Waals surface area (Å²) in [6.07, 6.45) is 8.45. The van der Waals surface area contributed by atoms with Crippen molar-refractivity contribution in [1.29, 1.82) is 0 Å². The van der Waals surface area contributed by atoms with E-state index in [4.69, 9.17) is 0 Å². The Balaban J connectivity index is 0.00000132. The molecule has 3 heterocycles. The summed E-state index contributed by atoms with van der Waals surface area (Å²) >= 11 is 0. The number of nitrogens with zero attached hydrogens (tertiary/aromatic N) is 1. The predicted molar refractivity (Wildman–Crippen MR) is 99.6 cm³/mol. The van der Waals surface area contributed by atoms with Gasteiger partial charge in [0.2, 0.25) is 5.91 Å². The second-order valence-electron chi connectivity index (χ2n) is 7.58. The molecule has 3 unspecified atom stereocenters. The van der Waals surface area contributed by atoms with Gasteiger partial charge in [-0.05, 0) is 56.9 Å². The molecule has 0 saturated carbocycles. The van der Waals surface area contributed by atoms with Crippen molar-refractivity contribution in [2.45, 2.75) is 64.0 Å². The summed E-state index contributed by atoms with van der Waals surface area (Å²) in [7, 11) is 0. The van der Waals surface area contributed by atoms with E-state index in [0.29, 0.717) is 18.0 Å². The van der Waals surface area contributed by atoms with Crippen molar-refractivity contribution in [2.75, 3.05) is 26.2 Å². The van der Waals surface area contributed by atoms with Gasteiger partial charge < -0.3 is 15.5 Å². The van der Waals surface area contributed by atoms with E-state index >= 15 is 0 Å². The largest absolute Gasteiger partial charge is 0.355 e. The normalized spacial score (nSPS) is 33.4. The topological polar surface area (TPSA) is 44.4 Å². The highest BCUT2D eigenvalue weighted by Crippen LogP contribution is 2.32. The number of likely N-dealkylation sites (tertiary alicyclic amines) is 1. The summed E-state index contributed by atoms with van der Waals surface area (Å²) in [5.41, 5.74) is 0. The minimum absolute atomic E-state index is 0. The van der Waals surface area contributed by atoms with Crippen molar-refractivity contribution < 1.29 is 4.79 Å². The Morgan fingerprint density at radius 2 is 1.87 bits per heavy atom. The first-order chi connectivity index (χ1) is 10.2. The molecule has 0 aliphatic carbocycles. The molecule has 6 heteroatoms. The van der Waals surface area contributed by atoms with Gasteiger partial charge in [0.15, 0.2) is 0 Å². The SMILES string of the molecule is CC1CCCN(CCNC(=O)CC2CC3CCC(C2)N3)C1.Cl.Cl. The third-order valence-corrected chi connectivity index (χ3v) is 5.54. The number of carbonyl (C=O) groups excluding carboxylic acids is 1. The van der Waals surface area contributed by atoms with Crippen LogP contribution in [0.1, 0.15) is 51.9 Å². The monoisotopic (exact) mass is 365 g/mol. The molecule has 3 atom stereocenters. The average molecular weight is 366 g/mol. The number of piperidine rings is 2. The van der Waals surface area contributed by atoms with Gasteiger partial charge >= 0.3 is 0 Å². The quantitative estimate of drug-likeness (QED) is 0.786. The van der Waals surface area contributed by atoms with Crippen LogP contribution in [0.5, 0.6) is 0 Å². The first kappa shape index (κ1) is 21.0. The van der Waals surface area contributed by atoms with E-state index < -0.39 is 0 Å². The second kappa shape index (κ2) is 10.1. The highest BCUT2D eigenvalue weighted by molar-refractivity contribution is 5.85. The van der Waals surface area contributed by atoms with Crippen LogP contribution in [0.4, 0.5) is 0 Å². The second-order valence-corrected chi connectivity index (χ2v) is 7.58. The van der Waals surface area contributed by atoms with Crippen molar-refractivity contribution in [3.05, 3.63) is 0 Å². The fraction of sp³-hybridized carbons (Fsp3) is 0.941. The maximum absolute atomic E-state index is 12.1. The smallest absolute Gasteiger partial charge is 0.220 e. The fourth-order valence-corrected chi connectivity index (χ4v) is 4.52. The predicted octanol–water partition coefficient (Wildman–Crippen LogP) is 2.60. The molecular formula is C17H33Cl2N3O.